The summed E-state index contributed by atoms with van der Waals surface area (Å²) in [5.74, 6) is -8.28. The second kappa shape index (κ2) is 29.9. The lowest BCUT2D eigenvalue weighted by atomic mass is 9.78. The van der Waals surface area contributed by atoms with E-state index in [1.807, 2.05) is 71.7 Å². The highest BCUT2D eigenvalue weighted by atomic mass is 35.5. The number of methoxy groups -OCH3 is 1. The van der Waals surface area contributed by atoms with E-state index in [9.17, 15) is 39.9 Å². The zero-order valence-corrected chi connectivity index (χ0v) is 57.5. The monoisotopic (exact) mass is 1350 g/mol. The number of hydrogen-bond acceptors (Lipinski definition) is 18. The summed E-state index contributed by atoms with van der Waals surface area (Å²) < 4.78 is 25.9. The number of rotatable bonds is 9. The van der Waals surface area contributed by atoms with E-state index in [2.05, 4.69) is 57.2 Å². The zero-order valence-electron chi connectivity index (χ0n) is 56.0. The van der Waals surface area contributed by atoms with E-state index < -0.39 is 88.8 Å². The van der Waals surface area contributed by atoms with E-state index in [4.69, 9.17) is 52.1 Å². The number of phenols is 3. The molecule has 9 atom stereocenters. The van der Waals surface area contributed by atoms with Crippen molar-refractivity contribution >= 4 is 85.9 Å². The lowest BCUT2D eigenvalue weighted by molar-refractivity contribution is -0.160. The number of allylic oxidation sites excluding steroid dienone is 2. The molecule has 20 nitrogen and oxygen atoms in total. The molecule has 2 aliphatic carbocycles. The van der Waals surface area contributed by atoms with Crippen molar-refractivity contribution in [3.05, 3.63) is 153 Å². The number of halogens is 2. The Labute approximate surface area is 569 Å². The van der Waals surface area contributed by atoms with Crippen molar-refractivity contribution in [2.45, 2.75) is 137 Å². The number of nitrogens with zero attached hydrogens (tertiary/aromatic N) is 6. The molecule has 12 rings (SSSR count). The van der Waals surface area contributed by atoms with Gasteiger partial charge < -0.3 is 59.7 Å². The number of para-hydroxylation sites is 2. The molecule has 7 N–H and O–H groups in total. The van der Waals surface area contributed by atoms with Crippen LogP contribution in [-0.4, -0.2) is 144 Å². The van der Waals surface area contributed by atoms with Crippen molar-refractivity contribution in [1.29, 1.82) is 0 Å². The zero-order chi connectivity index (χ0) is 69.0. The second-order valence-electron chi connectivity index (χ2n) is 25.9. The quantitative estimate of drug-likeness (QED) is 0.0233. The average molecular weight is 1350 g/mol. The third-order valence-corrected chi connectivity index (χ3v) is 19.3. The van der Waals surface area contributed by atoms with Crippen molar-refractivity contribution in [2.75, 3.05) is 43.9 Å². The Bertz CT molecular complexity index is 4200. The number of carbonyl (C=O) groups is 3. The van der Waals surface area contributed by atoms with Crippen LogP contribution in [0.15, 0.2) is 131 Å². The number of aliphatic hydroxyl groups excluding tert-OH is 2. The summed E-state index contributed by atoms with van der Waals surface area (Å²) in [6.45, 7) is 19.5. The van der Waals surface area contributed by atoms with E-state index in [1.165, 1.54) is 85.1 Å². The molecule has 0 aromatic heterocycles. The Morgan fingerprint density at radius 3 is 2.17 bits per heavy atom. The van der Waals surface area contributed by atoms with Gasteiger partial charge in [-0.05, 0) is 119 Å². The molecule has 5 bridgehead atoms. The van der Waals surface area contributed by atoms with Gasteiger partial charge in [0, 0.05) is 121 Å². The van der Waals surface area contributed by atoms with Gasteiger partial charge in [0.2, 0.25) is 0 Å². The minimum Gasteiger partial charge on any atom is -0.507 e. The van der Waals surface area contributed by atoms with Crippen molar-refractivity contribution in [1.82, 2.24) is 19.5 Å². The average Bonchev–Trinajstić information content (AvgIpc) is 1.27. The molecule has 0 spiro atoms. The van der Waals surface area contributed by atoms with Crippen LogP contribution in [0.2, 0.25) is 10.0 Å². The molecule has 0 unspecified atom stereocenters. The number of benzene rings is 6. The molecular weight excluding hydrogens is 1260 g/mol. The first-order valence-corrected chi connectivity index (χ1v) is 33.4. The fourth-order valence-corrected chi connectivity index (χ4v) is 13.6. The summed E-state index contributed by atoms with van der Waals surface area (Å²) >= 11 is 12.2. The number of carbonyl (C=O) groups excluding carboxylic acids is 3. The van der Waals surface area contributed by atoms with Crippen LogP contribution >= 0.6 is 23.2 Å². The molecule has 5 aromatic carbocycles. The van der Waals surface area contributed by atoms with Crippen LogP contribution < -0.4 is 20.7 Å². The number of aromatic hydroxyl groups is 3. The normalized spacial score (nSPS) is 25.4. The van der Waals surface area contributed by atoms with E-state index in [0.29, 0.717) is 29.2 Å². The van der Waals surface area contributed by atoms with Crippen LogP contribution in [0, 0.1) is 30.6 Å². The van der Waals surface area contributed by atoms with Crippen LogP contribution in [0.5, 0.6) is 23.0 Å². The maximum Gasteiger partial charge on any atom is 0.312 e. The lowest BCUT2D eigenvalue weighted by Gasteiger charge is -2.38. The fraction of sp³-hybridized carbons (Fsp3) is 0.405. The van der Waals surface area contributed by atoms with Crippen molar-refractivity contribution in [3.8, 4) is 40.1 Å². The van der Waals surface area contributed by atoms with Crippen molar-refractivity contribution in [3.63, 3.8) is 0 Å². The highest BCUT2D eigenvalue weighted by molar-refractivity contribution is 6.31. The van der Waals surface area contributed by atoms with Crippen LogP contribution in [0.4, 0.5) is 17.1 Å². The standard InChI is InChI=1S/C47H64N4O12.C27H22Cl2N4/c1-24-13-12-14-25(2)46(59)49-37-32(23-48-51-20-18-50(19-21-51)31-15-10-11-16-31)41(56)34-35(42(37)57)40(55)29(6)44-36(34)45(58)47(8,63-44)61-22-17-33(60-9)26(3)43(62-30(7)52)28(5)39(54)27(4)38(24)53;1-17(2)30-24-16-27-25(15-23(24)31-20-11-7-18(28)8-12-20)32-22-5-3-4-6-26(22)33(27)21-13-9-19(29)10-14-21/h12-14,17,22-24,26-28,31,33,38-39,43,53-57H,10-11,15-16,18-21H2,1-9H3,(H,49,59);3-17,31H,1-2H3/b13-12+,22-17+,25-14-,48-23+;/t24-,26+,27+,28+,33-,38-,39+,43+,47-;/m0./s1. The summed E-state index contributed by atoms with van der Waals surface area (Å²) in [6, 6.07) is 28.5. The van der Waals surface area contributed by atoms with E-state index in [-0.39, 0.29) is 50.5 Å². The van der Waals surface area contributed by atoms with Gasteiger partial charge >= 0.3 is 11.8 Å². The number of hydrazone groups is 1. The predicted octanol–water partition coefficient (Wildman–Crippen LogP) is 13.1. The van der Waals surface area contributed by atoms with Gasteiger partial charge in [0.1, 0.15) is 23.4 Å². The molecule has 96 heavy (non-hydrogen) atoms. The molecule has 1 saturated carbocycles. The molecule has 1 amide bonds. The molecule has 22 heteroatoms. The number of Topliss-reactive ketones (excluding diaryl/α,β-unsaturated/α-hetero) is 1. The number of nitrogens with one attached hydrogen (secondary N) is 2. The number of anilines is 3. The highest BCUT2D eigenvalue weighted by Gasteiger charge is 2.50. The first kappa shape index (κ1) is 70.3. The van der Waals surface area contributed by atoms with Gasteiger partial charge in [-0.3, -0.25) is 29.3 Å². The van der Waals surface area contributed by atoms with Gasteiger partial charge in [0.05, 0.1) is 86.5 Å². The van der Waals surface area contributed by atoms with Gasteiger partial charge in [-0.25, -0.2) is 4.98 Å². The van der Waals surface area contributed by atoms with Gasteiger partial charge in [0.15, 0.2) is 5.75 Å². The minimum atomic E-state index is -2.04. The Kier molecular flexibility index (Phi) is 21.9. The third kappa shape index (κ3) is 14.9. The lowest BCUT2D eigenvalue weighted by Crippen LogP contribution is -2.47. The Hall–Kier alpha value is -8.50. The Morgan fingerprint density at radius 1 is 0.844 bits per heavy atom. The Morgan fingerprint density at radius 2 is 1.51 bits per heavy atom. The van der Waals surface area contributed by atoms with Crippen molar-refractivity contribution < 1.29 is 58.9 Å². The number of ether oxygens (including phenoxy) is 4. The number of amides is 1. The van der Waals surface area contributed by atoms with Gasteiger partial charge in [-0.15, -0.1) is 0 Å². The largest absolute Gasteiger partial charge is 0.507 e. The number of hydrogen-bond donors (Lipinski definition) is 7. The summed E-state index contributed by atoms with van der Waals surface area (Å²) in [6.07, 6.45) is 9.75. The van der Waals surface area contributed by atoms with E-state index >= 15 is 0 Å². The maximum atomic E-state index is 14.5. The second-order valence-corrected chi connectivity index (χ2v) is 26.8. The van der Waals surface area contributed by atoms with Crippen molar-refractivity contribution in [2.24, 2.45) is 33.8 Å². The maximum absolute atomic E-state index is 14.5. The van der Waals surface area contributed by atoms with E-state index in [1.54, 1.807) is 39.8 Å². The number of esters is 1. The minimum absolute atomic E-state index is 0.0631. The molecule has 7 aliphatic rings. The van der Waals surface area contributed by atoms with Crippen LogP contribution in [-0.2, 0) is 23.8 Å². The van der Waals surface area contributed by atoms with Crippen LogP contribution in [0.3, 0.4) is 0 Å². The first-order valence-electron chi connectivity index (χ1n) is 32.7. The molecule has 508 valence electrons. The van der Waals surface area contributed by atoms with Gasteiger partial charge in [-0.1, -0.05) is 94.1 Å². The number of phenolic OH excluding ortho intramolecular Hbond substituents is 3. The number of piperazine rings is 1. The van der Waals surface area contributed by atoms with Crippen LogP contribution in [0.25, 0.3) is 38.9 Å². The molecule has 0 radical (unpaired) electrons. The molecule has 2 fully saturated rings. The van der Waals surface area contributed by atoms with E-state index in [0.717, 1.165) is 57.9 Å². The smallest absolute Gasteiger partial charge is 0.312 e. The molecule has 5 heterocycles. The first-order chi connectivity index (χ1) is 45.8. The molecule has 5 aliphatic heterocycles. The SMILES string of the molecule is CC(C)N=c1cc2n(-c3ccc(Cl)cc3)c3ccccc3nc-2cc1Nc1ccc(Cl)cc1.CO[C@H]1/C=C/O[C@@]2(C)Oc3c(C)c(O)c4c(O)c(c(/C=N/N5CCN(C6CCCC6)CC5)c(O)c4c3C2=O)NC(=O)/C(C)=C\C=C\[C@H](C)[C@H](O)[C@@H](C)[C@@H](O)[C@@H](C)[C@H](OC(C)=O)[C@@H]1C. The number of fused-ring (bicyclic) bond motifs is 16. The summed E-state index contributed by atoms with van der Waals surface area (Å²) in [5.41, 5.74) is 6.30. The summed E-state index contributed by atoms with van der Waals surface area (Å²) in [7, 11) is 1.44. The predicted molar refractivity (Wildman–Crippen MR) is 375 cm³/mol. The summed E-state index contributed by atoms with van der Waals surface area (Å²) in [5, 5.41) is 73.3. The topological polar surface area (TPSA) is 262 Å². The molecule has 5 aromatic rings. The number of aliphatic hydroxyl groups is 2. The number of ketones is 1. The van der Waals surface area contributed by atoms with Crippen LogP contribution in [0.1, 0.15) is 109 Å². The Balaban J connectivity index is 0.000000253. The highest BCUT2D eigenvalue weighted by Crippen LogP contribution is 2.55. The molecular formula is C74H86Cl2N8O12. The van der Waals surface area contributed by atoms with Gasteiger partial charge in [0.25, 0.3) is 11.7 Å². The van der Waals surface area contributed by atoms with Gasteiger partial charge in [-0.2, -0.15) is 5.10 Å². The molecule has 1 saturated heterocycles. The summed E-state index contributed by atoms with van der Waals surface area (Å²) in [4.78, 5) is 53.1. The number of aromatic nitrogens is 2. The third-order valence-electron chi connectivity index (χ3n) is 18.8. The fourth-order valence-electron chi connectivity index (χ4n) is 13.4.